The van der Waals surface area contributed by atoms with Crippen molar-refractivity contribution in [1.82, 2.24) is 5.32 Å². The molecule has 2 aromatic rings. The van der Waals surface area contributed by atoms with Crippen LogP contribution in [0, 0.1) is 5.82 Å². The van der Waals surface area contributed by atoms with Gasteiger partial charge in [-0.15, -0.1) is 24.0 Å². The fourth-order valence-electron chi connectivity index (χ4n) is 2.57. The van der Waals surface area contributed by atoms with Crippen molar-refractivity contribution in [3.63, 3.8) is 0 Å². The van der Waals surface area contributed by atoms with Gasteiger partial charge in [-0.1, -0.05) is 12.1 Å². The van der Waals surface area contributed by atoms with Crippen LogP contribution in [0.5, 0.6) is 11.5 Å². The molecule has 0 aromatic heterocycles. The van der Waals surface area contributed by atoms with Crippen LogP contribution < -0.4 is 20.1 Å². The van der Waals surface area contributed by atoms with Crippen LogP contribution in [0.3, 0.4) is 0 Å². The highest BCUT2D eigenvalue weighted by Gasteiger charge is 2.11. The van der Waals surface area contributed by atoms with Crippen LogP contribution in [0.15, 0.2) is 47.5 Å². The summed E-state index contributed by atoms with van der Waals surface area (Å²) in [6.07, 6.45) is 1.58. The number of rotatable bonds is 4. The molecule has 0 saturated heterocycles. The van der Waals surface area contributed by atoms with Crippen LogP contribution in [0.25, 0.3) is 0 Å². The molecule has 3 rings (SSSR count). The molecule has 0 atom stereocenters. The van der Waals surface area contributed by atoms with E-state index in [2.05, 4.69) is 15.6 Å². The lowest BCUT2D eigenvalue weighted by Gasteiger charge is -2.14. The second-order valence-corrected chi connectivity index (χ2v) is 5.72. The number of fused-ring (bicyclic) bond motifs is 1. The van der Waals surface area contributed by atoms with Gasteiger partial charge in [-0.25, -0.2) is 4.39 Å². The first-order valence-electron chi connectivity index (χ1n) is 8.36. The Bertz CT molecular complexity index is 755. The number of ether oxygens (including phenoxy) is 2. The first-order valence-corrected chi connectivity index (χ1v) is 8.36. The second kappa shape index (κ2) is 10.2. The normalized spacial score (nSPS) is 13.4. The van der Waals surface area contributed by atoms with Gasteiger partial charge < -0.3 is 20.1 Å². The predicted molar refractivity (Wildman–Crippen MR) is 113 cm³/mol. The van der Waals surface area contributed by atoms with Crippen molar-refractivity contribution in [2.45, 2.75) is 12.8 Å². The average molecular weight is 471 g/mol. The zero-order chi connectivity index (χ0) is 17.5. The predicted octanol–water partition coefficient (Wildman–Crippen LogP) is 3.84. The molecular weight excluding hydrogens is 448 g/mol. The molecule has 0 fully saturated rings. The summed E-state index contributed by atoms with van der Waals surface area (Å²) in [5.74, 6) is 1.92. The topological polar surface area (TPSA) is 54.9 Å². The molecule has 0 unspecified atom stereocenters. The maximum absolute atomic E-state index is 13.2. The second-order valence-electron chi connectivity index (χ2n) is 5.72. The zero-order valence-electron chi connectivity index (χ0n) is 14.6. The maximum Gasteiger partial charge on any atom is 0.195 e. The molecule has 0 spiro atoms. The fraction of sp³-hybridized carbons (Fsp3) is 0.316. The lowest BCUT2D eigenvalue weighted by atomic mass is 10.1. The number of guanidine groups is 1. The summed E-state index contributed by atoms with van der Waals surface area (Å²) < 4.78 is 24.5. The Labute approximate surface area is 170 Å². The third kappa shape index (κ3) is 5.76. The van der Waals surface area contributed by atoms with E-state index in [-0.39, 0.29) is 29.8 Å². The summed E-state index contributed by atoms with van der Waals surface area (Å²) in [7, 11) is 1.71. The van der Waals surface area contributed by atoms with Crippen LogP contribution >= 0.6 is 24.0 Å². The smallest absolute Gasteiger partial charge is 0.195 e. The Kier molecular flexibility index (Phi) is 7.96. The van der Waals surface area contributed by atoms with Gasteiger partial charge in [0.2, 0.25) is 0 Å². The number of hydrogen-bond acceptors (Lipinski definition) is 3. The summed E-state index contributed by atoms with van der Waals surface area (Å²) >= 11 is 0. The van der Waals surface area contributed by atoms with E-state index in [1.165, 1.54) is 6.07 Å². The molecule has 5 nitrogen and oxygen atoms in total. The third-order valence-corrected chi connectivity index (χ3v) is 3.83. The van der Waals surface area contributed by atoms with Crippen molar-refractivity contribution in [1.29, 1.82) is 0 Å². The van der Waals surface area contributed by atoms with Gasteiger partial charge in [-0.2, -0.15) is 0 Å². The zero-order valence-corrected chi connectivity index (χ0v) is 17.0. The van der Waals surface area contributed by atoms with E-state index in [0.29, 0.717) is 32.1 Å². The van der Waals surface area contributed by atoms with Crippen molar-refractivity contribution in [3.8, 4) is 11.5 Å². The van der Waals surface area contributed by atoms with Crippen molar-refractivity contribution >= 4 is 35.6 Å². The Morgan fingerprint density at radius 3 is 2.69 bits per heavy atom. The van der Waals surface area contributed by atoms with Crippen molar-refractivity contribution in [2.24, 2.45) is 4.99 Å². The van der Waals surface area contributed by atoms with Gasteiger partial charge in [0, 0.05) is 31.8 Å². The van der Waals surface area contributed by atoms with Gasteiger partial charge in [-0.3, -0.25) is 4.99 Å². The monoisotopic (exact) mass is 471 g/mol. The molecule has 2 aromatic carbocycles. The van der Waals surface area contributed by atoms with E-state index in [1.54, 1.807) is 19.2 Å². The summed E-state index contributed by atoms with van der Waals surface area (Å²) in [6, 6.07) is 12.3. The molecule has 0 amide bonds. The molecule has 1 aliphatic rings. The Morgan fingerprint density at radius 1 is 1.12 bits per heavy atom. The summed E-state index contributed by atoms with van der Waals surface area (Å²) in [6.45, 7) is 1.97. The number of halogens is 2. The highest BCUT2D eigenvalue weighted by Crippen LogP contribution is 2.32. The minimum atomic E-state index is -0.216. The van der Waals surface area contributed by atoms with Crippen molar-refractivity contribution < 1.29 is 13.9 Å². The Hall–Kier alpha value is -2.03. The molecule has 2 N–H and O–H groups in total. The van der Waals surface area contributed by atoms with Crippen molar-refractivity contribution in [2.75, 3.05) is 32.1 Å². The first kappa shape index (κ1) is 20.3. The van der Waals surface area contributed by atoms with Gasteiger partial charge in [0.15, 0.2) is 17.5 Å². The highest BCUT2D eigenvalue weighted by molar-refractivity contribution is 14.0. The minimum Gasteiger partial charge on any atom is -0.490 e. The molecule has 1 aliphatic heterocycles. The van der Waals surface area contributed by atoms with Crippen LogP contribution in [0.1, 0.15) is 12.0 Å². The molecule has 1 heterocycles. The molecule has 0 radical (unpaired) electrons. The van der Waals surface area contributed by atoms with Gasteiger partial charge in [0.1, 0.15) is 5.82 Å². The van der Waals surface area contributed by atoms with E-state index in [9.17, 15) is 4.39 Å². The minimum absolute atomic E-state index is 0. The summed E-state index contributed by atoms with van der Waals surface area (Å²) in [5.41, 5.74) is 1.81. The lowest BCUT2D eigenvalue weighted by Crippen LogP contribution is -2.32. The van der Waals surface area contributed by atoms with Gasteiger partial charge in [-0.05, 0) is 36.2 Å². The van der Waals surface area contributed by atoms with E-state index in [0.717, 1.165) is 29.2 Å². The van der Waals surface area contributed by atoms with E-state index >= 15 is 0 Å². The van der Waals surface area contributed by atoms with Crippen LogP contribution in [-0.2, 0) is 6.42 Å². The van der Waals surface area contributed by atoms with Crippen LogP contribution in [0.2, 0.25) is 0 Å². The molecule has 0 bridgehead atoms. The standard InChI is InChI=1S/C19H22FN3O2.HI/c1-21-19(22-9-8-14-4-2-5-15(20)12-14)23-16-6-7-17-18(13-16)25-11-3-10-24-17;/h2,4-7,12-13H,3,8-11H2,1H3,(H2,21,22,23);1H. The SMILES string of the molecule is CN=C(NCCc1cccc(F)c1)Nc1ccc2c(c1)OCCCO2.I. The maximum atomic E-state index is 13.2. The molecule has 0 saturated carbocycles. The quantitative estimate of drug-likeness (QED) is 0.405. The third-order valence-electron chi connectivity index (χ3n) is 3.83. The van der Waals surface area contributed by atoms with Crippen LogP contribution in [-0.4, -0.2) is 32.8 Å². The molecule has 0 aliphatic carbocycles. The lowest BCUT2D eigenvalue weighted by molar-refractivity contribution is 0.297. The Morgan fingerprint density at radius 2 is 1.92 bits per heavy atom. The van der Waals surface area contributed by atoms with Gasteiger partial charge in [0.25, 0.3) is 0 Å². The molecular formula is C19H23FIN3O2. The molecule has 26 heavy (non-hydrogen) atoms. The van der Waals surface area contributed by atoms with Crippen molar-refractivity contribution in [3.05, 3.63) is 53.8 Å². The largest absolute Gasteiger partial charge is 0.490 e. The highest BCUT2D eigenvalue weighted by atomic mass is 127. The average Bonchev–Trinajstić information content (AvgIpc) is 2.86. The van der Waals surface area contributed by atoms with E-state index in [4.69, 9.17) is 9.47 Å². The number of nitrogens with zero attached hydrogens (tertiary/aromatic N) is 1. The van der Waals surface area contributed by atoms with E-state index < -0.39 is 0 Å². The number of anilines is 1. The fourth-order valence-corrected chi connectivity index (χ4v) is 2.57. The summed E-state index contributed by atoms with van der Waals surface area (Å²) in [5, 5.41) is 6.45. The van der Waals surface area contributed by atoms with Crippen LogP contribution in [0.4, 0.5) is 10.1 Å². The van der Waals surface area contributed by atoms with Gasteiger partial charge >= 0.3 is 0 Å². The first-order chi connectivity index (χ1) is 12.2. The number of benzene rings is 2. The van der Waals surface area contributed by atoms with E-state index in [1.807, 2.05) is 24.3 Å². The summed E-state index contributed by atoms with van der Waals surface area (Å²) in [4.78, 5) is 4.21. The molecule has 7 heteroatoms. The number of aliphatic imine (C=N–C) groups is 1. The molecule has 140 valence electrons. The van der Waals surface area contributed by atoms with Gasteiger partial charge in [0.05, 0.1) is 13.2 Å². The Balaban J connectivity index is 0.00000243. The number of hydrogen-bond donors (Lipinski definition) is 2. The number of nitrogens with one attached hydrogen (secondary N) is 2.